The first kappa shape index (κ1) is 18.0. The molecule has 1 amide bonds. The second-order valence-electron chi connectivity index (χ2n) is 6.47. The molecule has 0 bridgehead atoms. The molecule has 0 spiro atoms. The van der Waals surface area contributed by atoms with Crippen molar-refractivity contribution in [2.45, 2.75) is 20.8 Å². The van der Waals surface area contributed by atoms with E-state index in [1.54, 1.807) is 10.7 Å². The number of benzene rings is 2. The monoisotopic (exact) mass is 390 g/mol. The molecule has 0 fully saturated rings. The van der Waals surface area contributed by atoms with Crippen LogP contribution in [0.1, 0.15) is 27.2 Å². The van der Waals surface area contributed by atoms with Crippen molar-refractivity contribution in [2.24, 2.45) is 0 Å². The maximum Gasteiger partial charge on any atom is 0.257 e. The van der Waals surface area contributed by atoms with Crippen LogP contribution in [0.3, 0.4) is 0 Å². The third-order valence-electron chi connectivity index (χ3n) is 4.39. The lowest BCUT2D eigenvalue weighted by atomic mass is 10.1. The van der Waals surface area contributed by atoms with Gasteiger partial charge in [-0.3, -0.25) is 10.1 Å². The molecule has 0 unspecified atom stereocenters. The zero-order chi connectivity index (χ0) is 19.7. The number of carbonyl (C=O) groups is 1. The Hall–Kier alpha value is -3.39. The minimum absolute atomic E-state index is 0.207. The van der Waals surface area contributed by atoms with Crippen molar-refractivity contribution < 1.29 is 4.79 Å². The number of amides is 1. The average molecular weight is 390 g/mol. The highest BCUT2D eigenvalue weighted by Crippen LogP contribution is 2.24. The van der Waals surface area contributed by atoms with Crippen molar-refractivity contribution in [3.8, 4) is 17.2 Å². The lowest BCUT2D eigenvalue weighted by molar-refractivity contribution is 0.102. The van der Waals surface area contributed by atoms with Crippen LogP contribution in [0.2, 0.25) is 0 Å². The Bertz CT molecular complexity index is 1160. The molecule has 8 heteroatoms. The van der Waals surface area contributed by atoms with Crippen LogP contribution in [0.5, 0.6) is 0 Å². The smallest absolute Gasteiger partial charge is 0.257 e. The van der Waals surface area contributed by atoms with Gasteiger partial charge in [0.25, 0.3) is 5.91 Å². The molecule has 1 N–H and O–H groups in total. The summed E-state index contributed by atoms with van der Waals surface area (Å²) in [6, 6.07) is 15.4. The molecule has 2 heterocycles. The molecule has 28 heavy (non-hydrogen) atoms. The largest absolute Gasteiger partial charge is 0.297 e. The maximum absolute atomic E-state index is 12.5. The quantitative estimate of drug-likeness (QED) is 0.570. The number of carbonyl (C=O) groups excluding carboxylic acids is 1. The van der Waals surface area contributed by atoms with Crippen LogP contribution in [-0.4, -0.2) is 30.3 Å². The van der Waals surface area contributed by atoms with Gasteiger partial charge in [-0.25, -0.2) is 4.68 Å². The van der Waals surface area contributed by atoms with E-state index in [4.69, 9.17) is 0 Å². The first-order chi connectivity index (χ1) is 13.5. The van der Waals surface area contributed by atoms with E-state index in [0.29, 0.717) is 22.2 Å². The first-order valence-corrected chi connectivity index (χ1v) is 9.50. The third-order valence-corrected chi connectivity index (χ3v) is 5.02. The van der Waals surface area contributed by atoms with Crippen LogP contribution in [0.15, 0.2) is 48.5 Å². The summed E-state index contributed by atoms with van der Waals surface area (Å²) in [4.78, 5) is 16.9. The molecule has 0 aliphatic rings. The molecule has 0 aliphatic heterocycles. The number of rotatable bonds is 4. The van der Waals surface area contributed by atoms with Crippen LogP contribution >= 0.6 is 11.5 Å². The van der Waals surface area contributed by atoms with Gasteiger partial charge in [-0.2, -0.15) is 9.36 Å². The summed E-state index contributed by atoms with van der Waals surface area (Å²) in [7, 11) is 0. The molecule has 2 aromatic carbocycles. The van der Waals surface area contributed by atoms with Gasteiger partial charge in [0.05, 0.1) is 11.4 Å². The predicted molar refractivity (Wildman–Crippen MR) is 109 cm³/mol. The highest BCUT2D eigenvalue weighted by atomic mass is 32.1. The molecular formula is C20H18N6OS. The molecular weight excluding hydrogens is 372 g/mol. The highest BCUT2D eigenvalue weighted by molar-refractivity contribution is 7.10. The van der Waals surface area contributed by atoms with Gasteiger partial charge < -0.3 is 0 Å². The Morgan fingerprint density at radius 2 is 1.89 bits per heavy atom. The minimum atomic E-state index is -0.207. The molecule has 0 radical (unpaired) electrons. The number of hydrogen-bond acceptors (Lipinski definition) is 6. The number of hydrogen-bond donors (Lipinski definition) is 1. The summed E-state index contributed by atoms with van der Waals surface area (Å²) < 4.78 is 6.10. The zero-order valence-corrected chi connectivity index (χ0v) is 16.5. The van der Waals surface area contributed by atoms with Crippen molar-refractivity contribution in [1.29, 1.82) is 0 Å². The summed E-state index contributed by atoms with van der Waals surface area (Å²) >= 11 is 1.12. The molecule has 0 saturated heterocycles. The summed E-state index contributed by atoms with van der Waals surface area (Å²) in [5, 5.41) is 11.7. The lowest BCUT2D eigenvalue weighted by Crippen LogP contribution is -2.13. The van der Waals surface area contributed by atoms with Crippen LogP contribution in [0, 0.1) is 20.8 Å². The molecule has 0 atom stereocenters. The predicted octanol–water partition coefficient (Wildman–Crippen LogP) is 3.96. The van der Waals surface area contributed by atoms with E-state index in [0.717, 1.165) is 34.0 Å². The van der Waals surface area contributed by atoms with Gasteiger partial charge in [0.2, 0.25) is 5.13 Å². The molecule has 4 rings (SSSR count). The number of aromatic nitrogens is 5. The Morgan fingerprint density at radius 1 is 1.07 bits per heavy atom. The Balaban J connectivity index is 1.58. The normalized spacial score (nSPS) is 10.8. The topological polar surface area (TPSA) is 85.6 Å². The van der Waals surface area contributed by atoms with Crippen LogP contribution in [0.4, 0.5) is 5.13 Å². The number of anilines is 1. The fourth-order valence-corrected chi connectivity index (χ4v) is 3.47. The van der Waals surface area contributed by atoms with Gasteiger partial charge in [0.1, 0.15) is 0 Å². The second-order valence-corrected chi connectivity index (χ2v) is 7.22. The number of aryl methyl sites for hydroxylation is 2. The van der Waals surface area contributed by atoms with E-state index < -0.39 is 0 Å². The van der Waals surface area contributed by atoms with Crippen molar-refractivity contribution in [1.82, 2.24) is 24.4 Å². The van der Waals surface area contributed by atoms with Crippen LogP contribution < -0.4 is 5.32 Å². The SMILES string of the molecule is Cc1cccc(-n2nnc(-c3nsc(NC(=O)c4ccccc4C)n3)c2C)c1. The fraction of sp³-hybridized carbons (Fsp3) is 0.150. The second kappa shape index (κ2) is 7.32. The number of nitrogens with zero attached hydrogens (tertiary/aromatic N) is 5. The minimum Gasteiger partial charge on any atom is -0.297 e. The lowest BCUT2D eigenvalue weighted by Gasteiger charge is -2.04. The number of nitrogens with one attached hydrogen (secondary N) is 1. The van der Waals surface area contributed by atoms with Gasteiger partial charge in [0, 0.05) is 17.1 Å². The van der Waals surface area contributed by atoms with E-state index in [1.807, 2.05) is 63.2 Å². The van der Waals surface area contributed by atoms with Crippen LogP contribution in [-0.2, 0) is 0 Å². The molecule has 7 nitrogen and oxygen atoms in total. The Labute approximate surface area is 166 Å². The maximum atomic E-state index is 12.5. The first-order valence-electron chi connectivity index (χ1n) is 8.73. The van der Waals surface area contributed by atoms with Crippen molar-refractivity contribution >= 4 is 22.6 Å². The third kappa shape index (κ3) is 3.41. The summed E-state index contributed by atoms with van der Waals surface area (Å²) in [5.41, 5.74) is 5.01. The van der Waals surface area contributed by atoms with Crippen molar-refractivity contribution in [3.05, 3.63) is 70.9 Å². The van der Waals surface area contributed by atoms with Gasteiger partial charge in [-0.15, -0.1) is 5.10 Å². The fourth-order valence-electron chi connectivity index (χ4n) is 2.90. The average Bonchev–Trinajstić information content (AvgIpc) is 3.28. The van der Waals surface area contributed by atoms with Gasteiger partial charge in [-0.05, 0) is 50.1 Å². The van der Waals surface area contributed by atoms with E-state index >= 15 is 0 Å². The van der Waals surface area contributed by atoms with E-state index in [9.17, 15) is 4.79 Å². The molecule has 2 aromatic heterocycles. The van der Waals surface area contributed by atoms with Gasteiger partial charge in [-0.1, -0.05) is 35.5 Å². The van der Waals surface area contributed by atoms with E-state index in [2.05, 4.69) is 25.0 Å². The molecule has 0 saturated carbocycles. The van der Waals surface area contributed by atoms with E-state index in [1.165, 1.54) is 0 Å². The van der Waals surface area contributed by atoms with Gasteiger partial charge >= 0.3 is 0 Å². The molecule has 140 valence electrons. The standard InChI is InChI=1S/C20H18N6OS/c1-12-7-6-9-15(11-12)26-14(3)17(23-25-26)18-21-20(28-24-18)22-19(27)16-10-5-4-8-13(16)2/h4-11H,1-3H3,(H,21,22,24,27). The molecule has 4 aromatic rings. The zero-order valence-electron chi connectivity index (χ0n) is 15.7. The molecule has 0 aliphatic carbocycles. The van der Waals surface area contributed by atoms with E-state index in [-0.39, 0.29) is 5.91 Å². The van der Waals surface area contributed by atoms with Crippen molar-refractivity contribution in [3.63, 3.8) is 0 Å². The summed E-state index contributed by atoms with van der Waals surface area (Å²) in [5.74, 6) is 0.238. The highest BCUT2D eigenvalue weighted by Gasteiger charge is 2.18. The summed E-state index contributed by atoms with van der Waals surface area (Å²) in [6.45, 7) is 5.85. The Morgan fingerprint density at radius 3 is 2.68 bits per heavy atom. The van der Waals surface area contributed by atoms with Crippen LogP contribution in [0.25, 0.3) is 17.2 Å². The Kier molecular flexibility index (Phi) is 4.70. The van der Waals surface area contributed by atoms with Crippen molar-refractivity contribution in [2.75, 3.05) is 5.32 Å². The van der Waals surface area contributed by atoms with Gasteiger partial charge in [0.15, 0.2) is 11.5 Å². The summed E-state index contributed by atoms with van der Waals surface area (Å²) in [6.07, 6.45) is 0.